The van der Waals surface area contributed by atoms with E-state index in [1.54, 1.807) is 31.0 Å². The van der Waals surface area contributed by atoms with Crippen LogP contribution in [-0.4, -0.2) is 38.1 Å². The number of tetrazole rings is 1. The molecule has 1 aromatic heterocycles. The van der Waals surface area contributed by atoms with E-state index in [0.717, 1.165) is 5.56 Å². The zero-order chi connectivity index (χ0) is 17.8. The molecule has 6 nitrogen and oxygen atoms in total. The molecule has 7 heteroatoms. The summed E-state index contributed by atoms with van der Waals surface area (Å²) in [5, 5.41) is 12.1. The predicted octanol–water partition coefficient (Wildman–Crippen LogP) is 2.70. The van der Waals surface area contributed by atoms with Crippen LogP contribution in [0.15, 0.2) is 54.6 Å². The Hall–Kier alpha value is -3.09. The van der Waals surface area contributed by atoms with Crippen LogP contribution in [0.1, 0.15) is 18.5 Å². The molecule has 0 radical (unpaired) electrons. The minimum atomic E-state index is -0.608. The van der Waals surface area contributed by atoms with Gasteiger partial charge in [0, 0.05) is 19.2 Å². The van der Waals surface area contributed by atoms with E-state index in [0.29, 0.717) is 12.1 Å². The average Bonchev–Trinajstić information content (AvgIpc) is 3.11. The number of amides is 1. The molecule has 0 N–H and O–H groups in total. The van der Waals surface area contributed by atoms with Crippen LogP contribution in [-0.2, 0) is 11.3 Å². The number of carbonyl (C=O) groups excluding carboxylic acids is 1. The molecule has 0 spiro atoms. The zero-order valence-corrected chi connectivity index (χ0v) is 14.0. The van der Waals surface area contributed by atoms with Crippen LogP contribution in [0.4, 0.5) is 4.39 Å². The fraction of sp³-hybridized carbons (Fsp3) is 0.222. The van der Waals surface area contributed by atoms with Gasteiger partial charge in [-0.15, -0.1) is 10.2 Å². The van der Waals surface area contributed by atoms with E-state index in [2.05, 4.69) is 15.4 Å². The summed E-state index contributed by atoms with van der Waals surface area (Å²) >= 11 is 0. The van der Waals surface area contributed by atoms with Crippen molar-refractivity contribution in [1.82, 2.24) is 25.1 Å². The molecule has 128 valence electrons. The second-order valence-electron chi connectivity index (χ2n) is 5.80. The lowest BCUT2D eigenvalue weighted by atomic mass is 10.2. The van der Waals surface area contributed by atoms with E-state index in [9.17, 15) is 9.18 Å². The third-order valence-electron chi connectivity index (χ3n) is 3.85. The molecule has 25 heavy (non-hydrogen) atoms. The summed E-state index contributed by atoms with van der Waals surface area (Å²) in [5.41, 5.74) is 1.56. The molecule has 0 aliphatic rings. The maximum absolute atomic E-state index is 13.3. The van der Waals surface area contributed by atoms with E-state index in [1.807, 2.05) is 30.3 Å². The van der Waals surface area contributed by atoms with Crippen LogP contribution in [0.25, 0.3) is 11.4 Å². The van der Waals surface area contributed by atoms with Gasteiger partial charge in [-0.25, -0.2) is 4.39 Å². The van der Waals surface area contributed by atoms with Crippen LogP contribution in [0.3, 0.4) is 0 Å². The lowest BCUT2D eigenvalue weighted by Gasteiger charge is -2.20. The van der Waals surface area contributed by atoms with Crippen molar-refractivity contribution in [2.45, 2.75) is 19.5 Å². The summed E-state index contributed by atoms with van der Waals surface area (Å²) in [4.78, 5) is 15.5. The Balaban J connectivity index is 1.72. The van der Waals surface area contributed by atoms with Gasteiger partial charge in [-0.3, -0.25) is 4.79 Å². The zero-order valence-electron chi connectivity index (χ0n) is 14.0. The Labute approximate surface area is 144 Å². The first kappa shape index (κ1) is 16.8. The number of likely N-dealkylation sites (N-methyl/N-ethyl adjacent to an activating group) is 1. The van der Waals surface area contributed by atoms with Crippen LogP contribution in [0.5, 0.6) is 0 Å². The molecule has 0 saturated heterocycles. The third kappa shape index (κ3) is 3.88. The quantitative estimate of drug-likeness (QED) is 0.717. The van der Waals surface area contributed by atoms with Gasteiger partial charge in [0.25, 0.3) is 0 Å². The van der Waals surface area contributed by atoms with Gasteiger partial charge >= 0.3 is 0 Å². The fourth-order valence-corrected chi connectivity index (χ4v) is 2.49. The number of rotatable bonds is 5. The summed E-state index contributed by atoms with van der Waals surface area (Å²) in [5.74, 6) is -0.225. The normalized spacial score (nSPS) is 12.0. The van der Waals surface area contributed by atoms with Crippen molar-refractivity contribution in [3.8, 4) is 11.4 Å². The SMILES string of the molecule is C[C@H](C(=O)N(C)Cc1ccccc1)n1nnc(-c2cccc(F)c2)n1. The van der Waals surface area contributed by atoms with E-state index >= 15 is 0 Å². The smallest absolute Gasteiger partial charge is 0.249 e. The van der Waals surface area contributed by atoms with Crippen LogP contribution in [0.2, 0.25) is 0 Å². The molecule has 0 unspecified atom stereocenters. The van der Waals surface area contributed by atoms with Crippen LogP contribution >= 0.6 is 0 Å². The maximum Gasteiger partial charge on any atom is 0.249 e. The van der Waals surface area contributed by atoms with Crippen molar-refractivity contribution < 1.29 is 9.18 Å². The third-order valence-corrected chi connectivity index (χ3v) is 3.85. The first-order valence-corrected chi connectivity index (χ1v) is 7.89. The number of aromatic nitrogens is 4. The Bertz CT molecular complexity index is 865. The van der Waals surface area contributed by atoms with Gasteiger partial charge in [-0.2, -0.15) is 4.80 Å². The number of hydrogen-bond donors (Lipinski definition) is 0. The van der Waals surface area contributed by atoms with Crippen molar-refractivity contribution in [1.29, 1.82) is 0 Å². The molecule has 0 aliphatic carbocycles. The second-order valence-corrected chi connectivity index (χ2v) is 5.80. The highest BCUT2D eigenvalue weighted by atomic mass is 19.1. The first-order chi connectivity index (χ1) is 12.0. The molecular weight excluding hydrogens is 321 g/mol. The van der Waals surface area contributed by atoms with Gasteiger partial charge in [0.15, 0.2) is 0 Å². The standard InChI is InChI=1S/C18H18FN5O/c1-13(18(25)23(2)12-14-7-4-3-5-8-14)24-21-17(20-22-24)15-9-6-10-16(19)11-15/h3-11,13H,12H2,1-2H3/t13-/m1/s1. The highest BCUT2D eigenvalue weighted by Crippen LogP contribution is 2.16. The van der Waals surface area contributed by atoms with Gasteiger partial charge in [-0.05, 0) is 29.8 Å². The van der Waals surface area contributed by atoms with Crippen molar-refractivity contribution >= 4 is 5.91 Å². The van der Waals surface area contributed by atoms with E-state index in [1.165, 1.54) is 16.9 Å². The molecule has 1 atom stereocenters. The molecule has 0 fully saturated rings. The van der Waals surface area contributed by atoms with E-state index in [-0.39, 0.29) is 17.5 Å². The summed E-state index contributed by atoms with van der Waals surface area (Å²) in [6, 6.07) is 15.1. The monoisotopic (exact) mass is 339 g/mol. The molecule has 0 aliphatic heterocycles. The molecule has 3 aromatic rings. The maximum atomic E-state index is 13.3. The predicted molar refractivity (Wildman–Crippen MR) is 90.8 cm³/mol. The number of halogens is 1. The minimum absolute atomic E-state index is 0.132. The van der Waals surface area contributed by atoms with Gasteiger partial charge < -0.3 is 4.90 Å². The molecule has 1 heterocycles. The summed E-state index contributed by atoms with van der Waals surface area (Å²) in [6.45, 7) is 2.20. The van der Waals surface area contributed by atoms with Crippen LogP contribution < -0.4 is 0 Å². The molecule has 0 bridgehead atoms. The van der Waals surface area contributed by atoms with Gasteiger partial charge in [0.2, 0.25) is 11.7 Å². The minimum Gasteiger partial charge on any atom is -0.340 e. The van der Waals surface area contributed by atoms with Gasteiger partial charge in [0.05, 0.1) is 0 Å². The van der Waals surface area contributed by atoms with Crippen molar-refractivity contribution in [2.24, 2.45) is 0 Å². The highest BCUT2D eigenvalue weighted by molar-refractivity contribution is 5.79. The Morgan fingerprint density at radius 3 is 2.68 bits per heavy atom. The summed E-state index contributed by atoms with van der Waals surface area (Å²) < 4.78 is 13.3. The molecule has 0 saturated carbocycles. The lowest BCUT2D eigenvalue weighted by Crippen LogP contribution is -2.33. The van der Waals surface area contributed by atoms with Crippen LogP contribution in [0, 0.1) is 5.82 Å². The highest BCUT2D eigenvalue weighted by Gasteiger charge is 2.22. The van der Waals surface area contributed by atoms with E-state index < -0.39 is 6.04 Å². The summed E-state index contributed by atoms with van der Waals surface area (Å²) in [7, 11) is 1.73. The van der Waals surface area contributed by atoms with Gasteiger partial charge in [0.1, 0.15) is 11.9 Å². The fourth-order valence-electron chi connectivity index (χ4n) is 2.49. The number of hydrogen-bond acceptors (Lipinski definition) is 4. The number of benzene rings is 2. The lowest BCUT2D eigenvalue weighted by molar-refractivity contribution is -0.134. The molecule has 1 amide bonds. The largest absolute Gasteiger partial charge is 0.340 e. The topological polar surface area (TPSA) is 63.9 Å². The number of carbonyl (C=O) groups is 1. The van der Waals surface area contributed by atoms with Crippen molar-refractivity contribution in [3.05, 3.63) is 66.0 Å². The van der Waals surface area contributed by atoms with E-state index in [4.69, 9.17) is 0 Å². The first-order valence-electron chi connectivity index (χ1n) is 7.89. The Morgan fingerprint density at radius 1 is 1.20 bits per heavy atom. The second kappa shape index (κ2) is 7.21. The average molecular weight is 339 g/mol. The van der Waals surface area contributed by atoms with Gasteiger partial charge in [-0.1, -0.05) is 42.5 Å². The van der Waals surface area contributed by atoms with Crippen molar-refractivity contribution in [3.63, 3.8) is 0 Å². The van der Waals surface area contributed by atoms with Crippen molar-refractivity contribution in [2.75, 3.05) is 7.05 Å². The molecular formula is C18H18FN5O. The molecule has 3 rings (SSSR count). The number of nitrogens with zero attached hydrogens (tertiary/aromatic N) is 5. The molecule has 2 aromatic carbocycles. The summed E-state index contributed by atoms with van der Waals surface area (Å²) in [6.07, 6.45) is 0. The Morgan fingerprint density at radius 2 is 1.96 bits per heavy atom. The Kier molecular flexibility index (Phi) is 4.83.